The Kier molecular flexibility index (Phi) is 1.23. The fourth-order valence-electron chi connectivity index (χ4n) is 2.98. The Bertz CT molecular complexity index is 275. The normalized spacial score (nSPS) is 44.1. The number of hydrogen-bond donors (Lipinski definition) is 0. The average molecular weight is 164 g/mol. The molecule has 0 amide bonds. The molecule has 1 nitrogen and oxygen atoms in total. The standard InChI is InChI=1S/C11H16O/c1-7-9(12)8-5-6-11(7,4)10(8,2)3/h8H,1,5-6H2,2-4H3/t8-,11+/m1/s1. The Morgan fingerprint density at radius 1 is 1.42 bits per heavy atom. The first-order valence-electron chi connectivity index (χ1n) is 4.65. The summed E-state index contributed by atoms with van der Waals surface area (Å²) < 4.78 is 0. The molecule has 0 saturated heterocycles. The molecule has 0 aliphatic heterocycles. The van der Waals surface area contributed by atoms with E-state index in [9.17, 15) is 4.79 Å². The van der Waals surface area contributed by atoms with Gasteiger partial charge in [0.2, 0.25) is 0 Å². The molecule has 1 heteroatoms. The van der Waals surface area contributed by atoms with Crippen LogP contribution in [0.5, 0.6) is 0 Å². The lowest BCUT2D eigenvalue weighted by atomic mass is 9.69. The van der Waals surface area contributed by atoms with Crippen LogP contribution in [0.2, 0.25) is 0 Å². The van der Waals surface area contributed by atoms with Crippen LogP contribution in [-0.2, 0) is 4.79 Å². The summed E-state index contributed by atoms with van der Waals surface area (Å²) in [5, 5.41) is 0. The molecule has 2 bridgehead atoms. The predicted molar refractivity (Wildman–Crippen MR) is 48.8 cm³/mol. The maximum absolute atomic E-state index is 11.7. The van der Waals surface area contributed by atoms with Crippen LogP contribution in [0, 0.1) is 16.7 Å². The van der Waals surface area contributed by atoms with E-state index in [-0.39, 0.29) is 16.7 Å². The molecule has 2 rings (SSSR count). The second-order valence-electron chi connectivity index (χ2n) is 4.99. The Labute approximate surface area is 73.8 Å². The lowest BCUT2D eigenvalue weighted by molar-refractivity contribution is -0.119. The van der Waals surface area contributed by atoms with Gasteiger partial charge in [-0.3, -0.25) is 4.79 Å². The van der Waals surface area contributed by atoms with Gasteiger partial charge in [-0.05, 0) is 23.8 Å². The maximum Gasteiger partial charge on any atom is 0.162 e. The molecular formula is C11H16O. The largest absolute Gasteiger partial charge is 0.294 e. The minimum Gasteiger partial charge on any atom is -0.294 e. The van der Waals surface area contributed by atoms with Gasteiger partial charge in [0.05, 0.1) is 0 Å². The molecular weight excluding hydrogens is 148 g/mol. The molecule has 2 aliphatic carbocycles. The van der Waals surface area contributed by atoms with E-state index in [1.165, 1.54) is 0 Å². The molecule has 2 fully saturated rings. The van der Waals surface area contributed by atoms with Gasteiger partial charge in [-0.25, -0.2) is 0 Å². The van der Waals surface area contributed by atoms with Crippen LogP contribution in [0.3, 0.4) is 0 Å². The zero-order valence-corrected chi connectivity index (χ0v) is 8.11. The number of carbonyl (C=O) groups is 1. The van der Waals surface area contributed by atoms with Crippen molar-refractivity contribution >= 4 is 5.78 Å². The number of Topliss-reactive ketones (excluding diaryl/α,β-unsaturated/α-hetero) is 1. The van der Waals surface area contributed by atoms with Gasteiger partial charge in [0.1, 0.15) is 0 Å². The monoisotopic (exact) mass is 164 g/mol. The van der Waals surface area contributed by atoms with Gasteiger partial charge in [0.25, 0.3) is 0 Å². The summed E-state index contributed by atoms with van der Waals surface area (Å²) in [7, 11) is 0. The average Bonchev–Trinajstić information content (AvgIpc) is 2.26. The summed E-state index contributed by atoms with van der Waals surface area (Å²) in [4.78, 5) is 11.7. The lowest BCUT2D eigenvalue weighted by Gasteiger charge is -2.33. The number of carbonyl (C=O) groups excluding carboxylic acids is 1. The van der Waals surface area contributed by atoms with Gasteiger partial charge in [0, 0.05) is 11.3 Å². The van der Waals surface area contributed by atoms with Crippen molar-refractivity contribution in [1.29, 1.82) is 0 Å². The highest BCUT2D eigenvalue weighted by Crippen LogP contribution is 2.65. The van der Waals surface area contributed by atoms with Gasteiger partial charge in [0.15, 0.2) is 5.78 Å². The van der Waals surface area contributed by atoms with Crippen LogP contribution in [0.25, 0.3) is 0 Å². The molecule has 0 spiro atoms. The maximum atomic E-state index is 11.7. The Morgan fingerprint density at radius 3 is 2.25 bits per heavy atom. The van der Waals surface area contributed by atoms with E-state index >= 15 is 0 Å². The molecule has 0 aromatic heterocycles. The summed E-state index contributed by atoms with van der Waals surface area (Å²) in [6, 6.07) is 0. The highest BCUT2D eigenvalue weighted by Gasteiger charge is 2.62. The first-order valence-corrected chi connectivity index (χ1v) is 4.65. The molecule has 0 radical (unpaired) electrons. The second kappa shape index (κ2) is 1.84. The zero-order valence-electron chi connectivity index (χ0n) is 8.11. The van der Waals surface area contributed by atoms with E-state index in [0.717, 1.165) is 18.4 Å². The Morgan fingerprint density at radius 2 is 2.00 bits per heavy atom. The van der Waals surface area contributed by atoms with Crippen molar-refractivity contribution in [3.63, 3.8) is 0 Å². The highest BCUT2D eigenvalue weighted by atomic mass is 16.1. The number of hydrogen-bond acceptors (Lipinski definition) is 1. The third-order valence-corrected chi connectivity index (χ3v) is 4.51. The Balaban J connectivity index is 2.58. The van der Waals surface area contributed by atoms with Crippen molar-refractivity contribution in [2.45, 2.75) is 33.6 Å². The quantitative estimate of drug-likeness (QED) is 0.503. The summed E-state index contributed by atoms with van der Waals surface area (Å²) in [6.45, 7) is 10.5. The van der Waals surface area contributed by atoms with Gasteiger partial charge in [-0.15, -0.1) is 0 Å². The van der Waals surface area contributed by atoms with E-state index in [4.69, 9.17) is 0 Å². The minimum absolute atomic E-state index is 0.0920. The van der Waals surface area contributed by atoms with E-state index in [1.54, 1.807) is 0 Å². The summed E-state index contributed by atoms with van der Waals surface area (Å²) in [5.74, 6) is 0.587. The smallest absolute Gasteiger partial charge is 0.162 e. The molecule has 2 saturated carbocycles. The number of allylic oxidation sites excluding steroid dienone is 1. The molecule has 66 valence electrons. The van der Waals surface area contributed by atoms with E-state index in [2.05, 4.69) is 27.4 Å². The number of fused-ring (bicyclic) bond motifs is 2. The van der Waals surface area contributed by atoms with Crippen LogP contribution in [0.15, 0.2) is 12.2 Å². The molecule has 2 aliphatic rings. The van der Waals surface area contributed by atoms with Gasteiger partial charge >= 0.3 is 0 Å². The van der Waals surface area contributed by atoms with Crippen molar-refractivity contribution in [2.24, 2.45) is 16.7 Å². The predicted octanol–water partition coefficient (Wildman–Crippen LogP) is 2.57. The van der Waals surface area contributed by atoms with E-state index in [0.29, 0.717) is 5.78 Å². The number of rotatable bonds is 0. The topological polar surface area (TPSA) is 17.1 Å². The summed E-state index contributed by atoms with van der Waals surface area (Å²) >= 11 is 0. The first-order chi connectivity index (χ1) is 5.41. The van der Waals surface area contributed by atoms with Crippen molar-refractivity contribution in [1.82, 2.24) is 0 Å². The fourth-order valence-corrected chi connectivity index (χ4v) is 2.98. The summed E-state index contributed by atoms with van der Waals surface area (Å²) in [5.41, 5.74) is 1.12. The van der Waals surface area contributed by atoms with Crippen LogP contribution in [0.4, 0.5) is 0 Å². The van der Waals surface area contributed by atoms with E-state index < -0.39 is 0 Å². The van der Waals surface area contributed by atoms with Crippen molar-refractivity contribution in [3.05, 3.63) is 12.2 Å². The molecule has 2 atom stereocenters. The first kappa shape index (κ1) is 8.03. The van der Waals surface area contributed by atoms with Crippen molar-refractivity contribution in [3.8, 4) is 0 Å². The molecule has 0 aromatic rings. The molecule has 12 heavy (non-hydrogen) atoms. The van der Waals surface area contributed by atoms with Gasteiger partial charge < -0.3 is 0 Å². The van der Waals surface area contributed by atoms with Crippen LogP contribution >= 0.6 is 0 Å². The molecule has 0 aromatic carbocycles. The van der Waals surface area contributed by atoms with Crippen LogP contribution in [-0.4, -0.2) is 5.78 Å². The third kappa shape index (κ3) is 0.562. The fraction of sp³-hybridized carbons (Fsp3) is 0.727. The number of ketones is 1. The van der Waals surface area contributed by atoms with Gasteiger partial charge in [-0.2, -0.15) is 0 Å². The van der Waals surface area contributed by atoms with E-state index in [1.807, 2.05) is 0 Å². The van der Waals surface area contributed by atoms with Crippen LogP contribution in [0.1, 0.15) is 33.6 Å². The minimum atomic E-state index is 0.0920. The lowest BCUT2D eigenvalue weighted by Crippen LogP contribution is -2.27. The second-order valence-corrected chi connectivity index (χ2v) is 4.99. The zero-order chi connectivity index (χ0) is 9.15. The molecule has 0 unspecified atom stereocenters. The highest BCUT2D eigenvalue weighted by molar-refractivity contribution is 6.02. The van der Waals surface area contributed by atoms with Crippen LogP contribution < -0.4 is 0 Å². The third-order valence-electron chi connectivity index (χ3n) is 4.51. The Hall–Kier alpha value is -0.590. The van der Waals surface area contributed by atoms with Crippen molar-refractivity contribution in [2.75, 3.05) is 0 Å². The molecule has 0 heterocycles. The summed E-state index contributed by atoms with van der Waals surface area (Å²) in [6.07, 6.45) is 2.22. The molecule has 0 N–H and O–H groups in total. The van der Waals surface area contributed by atoms with Crippen molar-refractivity contribution < 1.29 is 4.79 Å². The van der Waals surface area contributed by atoms with Gasteiger partial charge in [-0.1, -0.05) is 27.4 Å². The SMILES string of the molecule is C=C1C(=O)[C@H]2CC[C@]1(C)C2(C)C.